The second kappa shape index (κ2) is 7.84. The van der Waals surface area contributed by atoms with Crippen molar-refractivity contribution in [3.63, 3.8) is 0 Å². The summed E-state index contributed by atoms with van der Waals surface area (Å²) in [7, 11) is 0. The summed E-state index contributed by atoms with van der Waals surface area (Å²) in [6.07, 6.45) is 13.0. The molecule has 4 rings (SSSR count). The van der Waals surface area contributed by atoms with Crippen molar-refractivity contribution in [2.24, 2.45) is 44.8 Å². The van der Waals surface area contributed by atoms with Crippen molar-refractivity contribution in [3.8, 4) is 0 Å². The third-order valence-electron chi connectivity index (χ3n) is 12.7. The topological polar surface area (TPSA) is 40.5 Å². The minimum absolute atomic E-state index is 0.106. The molecule has 0 aromatic heterocycles. The van der Waals surface area contributed by atoms with Crippen LogP contribution in [0.3, 0.4) is 0 Å². The first kappa shape index (κ1) is 24.8. The Morgan fingerprint density at radius 1 is 0.906 bits per heavy atom. The lowest BCUT2D eigenvalue weighted by atomic mass is 9.33. The van der Waals surface area contributed by atoms with Crippen LogP contribution in [0.5, 0.6) is 0 Å². The molecule has 0 aliphatic heterocycles. The van der Waals surface area contributed by atoms with Gasteiger partial charge in [0, 0.05) is 0 Å². The highest BCUT2D eigenvalue weighted by atomic mass is 16.3. The molecule has 4 aliphatic carbocycles. The Kier molecular flexibility index (Phi) is 6.07. The fourth-order valence-corrected chi connectivity index (χ4v) is 10.1. The highest BCUT2D eigenvalue weighted by Gasteiger charge is 2.67. The minimum Gasteiger partial charge on any atom is -0.393 e. The van der Waals surface area contributed by atoms with Crippen LogP contribution in [0.1, 0.15) is 119 Å². The van der Waals surface area contributed by atoms with Gasteiger partial charge in [-0.1, -0.05) is 53.7 Å². The number of aliphatic hydroxyl groups excluding tert-OH is 2. The highest BCUT2D eigenvalue weighted by molar-refractivity contribution is 5.17. The summed E-state index contributed by atoms with van der Waals surface area (Å²) in [4.78, 5) is 0. The Labute approximate surface area is 198 Å². The summed E-state index contributed by atoms with van der Waals surface area (Å²) >= 11 is 0. The lowest BCUT2D eigenvalue weighted by Gasteiger charge is -2.72. The van der Waals surface area contributed by atoms with Crippen LogP contribution >= 0.6 is 0 Å². The van der Waals surface area contributed by atoms with E-state index < -0.39 is 0 Å². The van der Waals surface area contributed by atoms with E-state index in [0.29, 0.717) is 33.0 Å². The first-order chi connectivity index (χ1) is 14.7. The molecule has 0 bridgehead atoms. The first-order valence-electron chi connectivity index (χ1n) is 13.7. The van der Waals surface area contributed by atoms with Gasteiger partial charge in [-0.15, -0.1) is 0 Å². The fourth-order valence-electron chi connectivity index (χ4n) is 10.1. The number of hydrogen-bond acceptors (Lipinski definition) is 2. The second-order valence-electron chi connectivity index (χ2n) is 14.5. The van der Waals surface area contributed by atoms with E-state index in [1.807, 2.05) is 6.92 Å². The summed E-state index contributed by atoms with van der Waals surface area (Å²) in [6.45, 7) is 21.2. The maximum Gasteiger partial charge on any atom is 0.0745 e. The van der Waals surface area contributed by atoms with Crippen molar-refractivity contribution < 1.29 is 10.2 Å². The van der Waals surface area contributed by atoms with E-state index in [4.69, 9.17) is 0 Å². The summed E-state index contributed by atoms with van der Waals surface area (Å²) in [5.74, 6) is 1.99. The molecule has 2 N–H and O–H groups in total. The van der Waals surface area contributed by atoms with E-state index in [9.17, 15) is 10.2 Å². The van der Waals surface area contributed by atoms with Crippen molar-refractivity contribution in [1.29, 1.82) is 0 Å². The number of aliphatic hydroxyl groups is 2. The van der Waals surface area contributed by atoms with Crippen LogP contribution in [0.15, 0.2) is 12.2 Å². The molecule has 4 fully saturated rings. The molecule has 184 valence electrons. The van der Waals surface area contributed by atoms with Crippen molar-refractivity contribution >= 4 is 0 Å². The Morgan fingerprint density at radius 3 is 2.25 bits per heavy atom. The molecular weight excluding hydrogens is 392 g/mol. The van der Waals surface area contributed by atoms with E-state index in [-0.39, 0.29) is 12.2 Å². The van der Waals surface area contributed by atoms with Crippen LogP contribution in [-0.4, -0.2) is 22.4 Å². The predicted octanol–water partition coefficient (Wildman–Crippen LogP) is 7.53. The normalized spacial score (nSPS) is 54.2. The molecule has 10 atom stereocenters. The van der Waals surface area contributed by atoms with E-state index in [0.717, 1.165) is 36.7 Å². The van der Waals surface area contributed by atoms with E-state index in [2.05, 4.69) is 48.1 Å². The van der Waals surface area contributed by atoms with Gasteiger partial charge in [0.2, 0.25) is 0 Å². The molecule has 0 heterocycles. The smallest absolute Gasteiger partial charge is 0.0745 e. The number of rotatable bonds is 4. The van der Waals surface area contributed by atoms with Gasteiger partial charge in [0.05, 0.1) is 12.2 Å². The number of fused-ring (bicyclic) bond motifs is 5. The molecule has 0 amide bonds. The summed E-state index contributed by atoms with van der Waals surface area (Å²) in [5, 5.41) is 21.1. The Balaban J connectivity index is 1.58. The molecule has 0 aromatic rings. The molecule has 0 spiro atoms. The van der Waals surface area contributed by atoms with Crippen LogP contribution in [0.25, 0.3) is 0 Å². The van der Waals surface area contributed by atoms with Crippen LogP contribution < -0.4 is 0 Å². The second-order valence-corrected chi connectivity index (χ2v) is 14.5. The van der Waals surface area contributed by atoms with Crippen molar-refractivity contribution in [3.05, 3.63) is 12.2 Å². The van der Waals surface area contributed by atoms with E-state index >= 15 is 0 Å². The van der Waals surface area contributed by atoms with Crippen LogP contribution in [0, 0.1) is 44.8 Å². The van der Waals surface area contributed by atoms with E-state index in [1.165, 1.54) is 51.4 Å². The average Bonchev–Trinajstić information content (AvgIpc) is 2.71. The zero-order valence-corrected chi connectivity index (χ0v) is 22.3. The molecule has 0 radical (unpaired) electrons. The van der Waals surface area contributed by atoms with Gasteiger partial charge in [0.1, 0.15) is 0 Å². The lowest BCUT2D eigenvalue weighted by molar-refractivity contribution is -0.236. The summed E-state index contributed by atoms with van der Waals surface area (Å²) in [5.41, 5.74) is 2.77. The van der Waals surface area contributed by atoms with E-state index in [1.54, 1.807) is 0 Å². The van der Waals surface area contributed by atoms with Gasteiger partial charge in [0.15, 0.2) is 0 Å². The van der Waals surface area contributed by atoms with Gasteiger partial charge in [-0.05, 0) is 122 Å². The van der Waals surface area contributed by atoms with Gasteiger partial charge < -0.3 is 10.2 Å². The molecule has 2 nitrogen and oxygen atoms in total. The molecule has 32 heavy (non-hydrogen) atoms. The highest BCUT2D eigenvalue weighted by Crippen LogP contribution is 2.75. The quantitative estimate of drug-likeness (QED) is 0.440. The molecule has 2 heteroatoms. The van der Waals surface area contributed by atoms with Crippen LogP contribution in [0.4, 0.5) is 0 Å². The molecule has 4 saturated carbocycles. The zero-order chi connectivity index (χ0) is 23.7. The Morgan fingerprint density at radius 2 is 1.59 bits per heavy atom. The van der Waals surface area contributed by atoms with Crippen molar-refractivity contribution in [2.45, 2.75) is 131 Å². The van der Waals surface area contributed by atoms with Gasteiger partial charge in [-0.25, -0.2) is 0 Å². The predicted molar refractivity (Wildman–Crippen MR) is 134 cm³/mol. The summed E-state index contributed by atoms with van der Waals surface area (Å²) in [6, 6.07) is 0. The van der Waals surface area contributed by atoms with Crippen molar-refractivity contribution in [2.75, 3.05) is 0 Å². The van der Waals surface area contributed by atoms with Gasteiger partial charge in [0.25, 0.3) is 0 Å². The first-order valence-corrected chi connectivity index (χ1v) is 13.7. The monoisotopic (exact) mass is 444 g/mol. The molecule has 0 saturated heterocycles. The molecule has 0 aromatic carbocycles. The third-order valence-corrected chi connectivity index (χ3v) is 12.7. The van der Waals surface area contributed by atoms with Gasteiger partial charge in [-0.2, -0.15) is 0 Å². The molecule has 4 aliphatic rings. The largest absolute Gasteiger partial charge is 0.393 e. The maximum atomic E-state index is 10.7. The average molecular weight is 445 g/mol. The van der Waals surface area contributed by atoms with Gasteiger partial charge in [-0.3, -0.25) is 0 Å². The van der Waals surface area contributed by atoms with Crippen LogP contribution in [0.2, 0.25) is 0 Å². The minimum atomic E-state index is -0.345. The van der Waals surface area contributed by atoms with Gasteiger partial charge >= 0.3 is 0 Å². The van der Waals surface area contributed by atoms with Crippen LogP contribution in [-0.2, 0) is 0 Å². The zero-order valence-electron chi connectivity index (χ0n) is 22.3. The molecule has 10 unspecified atom stereocenters. The Bertz CT molecular complexity index is 745. The fraction of sp³-hybridized carbons (Fsp3) is 0.933. The third kappa shape index (κ3) is 3.48. The number of hydrogen-bond donors (Lipinski definition) is 2. The Hall–Kier alpha value is -0.340. The maximum absolute atomic E-state index is 10.7. The van der Waals surface area contributed by atoms with Crippen molar-refractivity contribution in [1.82, 2.24) is 0 Å². The lowest BCUT2D eigenvalue weighted by Crippen LogP contribution is -2.65. The molecular formula is C30H52O2. The SMILES string of the molecule is C=C(C)C(O)CCC1(C)CCC2(C)C3CCC4(C)C(C)C(O)CCC4C3(C)CCC2(C)C1. The summed E-state index contributed by atoms with van der Waals surface area (Å²) < 4.78 is 0. The standard InChI is InChI=1S/C30H52O2/c1-20(2)22(31)11-13-26(4)15-18-30(8)25-12-14-28(6)21(3)23(32)9-10-24(28)29(25,7)17-16-27(30,5)19-26/h21-25,31-32H,1,9-19H2,2-8H3.